The SMILES string of the molecule is CC/C=C\CC(C)Oc1ccc(CCC(C)=O)cc1. The van der Waals surface area contributed by atoms with Gasteiger partial charge in [0.25, 0.3) is 0 Å². The van der Waals surface area contributed by atoms with Gasteiger partial charge in [-0.1, -0.05) is 31.2 Å². The van der Waals surface area contributed by atoms with Crippen molar-refractivity contribution in [3.8, 4) is 5.75 Å². The maximum Gasteiger partial charge on any atom is 0.130 e. The Hall–Kier alpha value is -1.57. The molecule has 0 saturated carbocycles. The molecule has 0 amide bonds. The zero-order chi connectivity index (χ0) is 14.1. The number of allylic oxidation sites excluding steroid dienone is 1. The Morgan fingerprint density at radius 2 is 1.95 bits per heavy atom. The molecule has 19 heavy (non-hydrogen) atoms. The Morgan fingerprint density at radius 1 is 1.26 bits per heavy atom. The highest BCUT2D eigenvalue weighted by atomic mass is 16.5. The number of ketones is 1. The van der Waals surface area contributed by atoms with Gasteiger partial charge in [-0.3, -0.25) is 0 Å². The van der Waals surface area contributed by atoms with E-state index < -0.39 is 0 Å². The molecule has 1 unspecified atom stereocenters. The maximum atomic E-state index is 10.9. The summed E-state index contributed by atoms with van der Waals surface area (Å²) >= 11 is 0. The summed E-state index contributed by atoms with van der Waals surface area (Å²) in [6.07, 6.45) is 7.92. The second-order valence-corrected chi connectivity index (χ2v) is 4.89. The zero-order valence-corrected chi connectivity index (χ0v) is 12.2. The van der Waals surface area contributed by atoms with E-state index in [0.29, 0.717) is 6.42 Å². The molecule has 0 aliphatic heterocycles. The summed E-state index contributed by atoms with van der Waals surface area (Å²) in [5.74, 6) is 1.13. The van der Waals surface area contributed by atoms with E-state index in [4.69, 9.17) is 4.74 Å². The summed E-state index contributed by atoms with van der Waals surface area (Å²) in [6, 6.07) is 8.03. The average Bonchev–Trinajstić information content (AvgIpc) is 2.38. The number of hydrogen-bond acceptors (Lipinski definition) is 2. The van der Waals surface area contributed by atoms with E-state index in [-0.39, 0.29) is 11.9 Å². The van der Waals surface area contributed by atoms with Crippen LogP contribution in [-0.4, -0.2) is 11.9 Å². The van der Waals surface area contributed by atoms with Gasteiger partial charge in [0.15, 0.2) is 0 Å². The van der Waals surface area contributed by atoms with E-state index in [0.717, 1.165) is 25.0 Å². The van der Waals surface area contributed by atoms with E-state index in [1.54, 1.807) is 6.92 Å². The normalized spacial score (nSPS) is 12.6. The lowest BCUT2D eigenvalue weighted by atomic mass is 10.1. The van der Waals surface area contributed by atoms with Gasteiger partial charge < -0.3 is 9.53 Å². The lowest BCUT2D eigenvalue weighted by molar-refractivity contribution is -0.116. The number of hydrogen-bond donors (Lipinski definition) is 0. The number of rotatable bonds is 8. The lowest BCUT2D eigenvalue weighted by Gasteiger charge is -2.13. The molecule has 0 aliphatic rings. The van der Waals surface area contributed by atoms with Crippen LogP contribution in [-0.2, 0) is 11.2 Å². The van der Waals surface area contributed by atoms with Crippen LogP contribution in [0.5, 0.6) is 5.75 Å². The van der Waals surface area contributed by atoms with Crippen LogP contribution in [0, 0.1) is 0 Å². The average molecular weight is 260 g/mol. The summed E-state index contributed by atoms with van der Waals surface area (Å²) in [6.45, 7) is 5.83. The highest BCUT2D eigenvalue weighted by Crippen LogP contribution is 2.16. The summed E-state index contributed by atoms with van der Waals surface area (Å²) in [7, 11) is 0. The minimum absolute atomic E-state index is 0.186. The summed E-state index contributed by atoms with van der Waals surface area (Å²) in [5.41, 5.74) is 1.18. The fourth-order valence-electron chi connectivity index (χ4n) is 1.79. The number of carbonyl (C=O) groups is 1. The molecule has 104 valence electrons. The van der Waals surface area contributed by atoms with Crippen molar-refractivity contribution in [2.75, 3.05) is 0 Å². The van der Waals surface area contributed by atoms with Crippen LogP contribution in [0.4, 0.5) is 0 Å². The number of aryl methyl sites for hydroxylation is 1. The number of benzene rings is 1. The molecule has 1 aromatic carbocycles. The molecule has 0 N–H and O–H groups in total. The van der Waals surface area contributed by atoms with Crippen LogP contribution < -0.4 is 4.74 Å². The molecular formula is C17H24O2. The van der Waals surface area contributed by atoms with Gasteiger partial charge >= 0.3 is 0 Å². The van der Waals surface area contributed by atoms with E-state index in [2.05, 4.69) is 26.0 Å². The van der Waals surface area contributed by atoms with Gasteiger partial charge in [0.2, 0.25) is 0 Å². The first kappa shape index (κ1) is 15.5. The molecule has 0 radical (unpaired) electrons. The van der Waals surface area contributed by atoms with E-state index in [1.165, 1.54) is 5.56 Å². The number of ether oxygens (including phenoxy) is 1. The van der Waals surface area contributed by atoms with Crippen molar-refractivity contribution in [2.24, 2.45) is 0 Å². The molecular weight excluding hydrogens is 236 g/mol. The lowest BCUT2D eigenvalue weighted by Crippen LogP contribution is -2.10. The quantitative estimate of drug-likeness (QED) is 0.650. The molecule has 0 saturated heterocycles. The highest BCUT2D eigenvalue weighted by molar-refractivity contribution is 5.75. The van der Waals surface area contributed by atoms with E-state index in [1.807, 2.05) is 24.3 Å². The zero-order valence-electron chi connectivity index (χ0n) is 12.2. The van der Waals surface area contributed by atoms with Crippen molar-refractivity contribution >= 4 is 5.78 Å². The van der Waals surface area contributed by atoms with Crippen LogP contribution >= 0.6 is 0 Å². The predicted octanol–water partition coefficient (Wildman–Crippen LogP) is 4.33. The van der Waals surface area contributed by atoms with E-state index >= 15 is 0 Å². The minimum Gasteiger partial charge on any atom is -0.490 e. The molecule has 0 bridgehead atoms. The number of Topliss-reactive ketones (excluding diaryl/α,β-unsaturated/α-hetero) is 1. The van der Waals surface area contributed by atoms with Gasteiger partial charge in [-0.2, -0.15) is 0 Å². The molecule has 2 nitrogen and oxygen atoms in total. The van der Waals surface area contributed by atoms with Gasteiger partial charge in [0.05, 0.1) is 6.10 Å². The molecule has 0 aliphatic carbocycles. The van der Waals surface area contributed by atoms with Crippen molar-refractivity contribution < 1.29 is 9.53 Å². The van der Waals surface area contributed by atoms with Gasteiger partial charge in [-0.15, -0.1) is 0 Å². The third-order valence-electron chi connectivity index (χ3n) is 2.90. The van der Waals surface area contributed by atoms with Crippen molar-refractivity contribution in [3.05, 3.63) is 42.0 Å². The second-order valence-electron chi connectivity index (χ2n) is 4.89. The van der Waals surface area contributed by atoms with Gasteiger partial charge in [0, 0.05) is 12.8 Å². The first-order chi connectivity index (χ1) is 9.11. The minimum atomic E-state index is 0.186. The summed E-state index contributed by atoms with van der Waals surface area (Å²) in [5, 5.41) is 0. The van der Waals surface area contributed by atoms with Crippen molar-refractivity contribution in [1.82, 2.24) is 0 Å². The van der Waals surface area contributed by atoms with Crippen molar-refractivity contribution in [2.45, 2.75) is 52.6 Å². The van der Waals surface area contributed by atoms with Crippen molar-refractivity contribution in [3.63, 3.8) is 0 Å². The van der Waals surface area contributed by atoms with Gasteiger partial charge in [-0.05, 0) is 44.4 Å². The third-order valence-corrected chi connectivity index (χ3v) is 2.90. The Morgan fingerprint density at radius 3 is 2.53 bits per heavy atom. The molecule has 1 rings (SSSR count). The van der Waals surface area contributed by atoms with Crippen LogP contribution in [0.1, 0.15) is 45.6 Å². The van der Waals surface area contributed by atoms with Crippen LogP contribution in [0.15, 0.2) is 36.4 Å². The fraction of sp³-hybridized carbons (Fsp3) is 0.471. The second kappa shape index (κ2) is 8.52. The Kier molecular flexibility index (Phi) is 6.94. The summed E-state index contributed by atoms with van der Waals surface area (Å²) in [4.78, 5) is 10.9. The Labute approximate surface area is 116 Å². The predicted molar refractivity (Wildman–Crippen MR) is 79.6 cm³/mol. The monoisotopic (exact) mass is 260 g/mol. The molecule has 1 atom stereocenters. The molecule has 0 fully saturated rings. The molecule has 0 spiro atoms. The van der Waals surface area contributed by atoms with Gasteiger partial charge in [-0.25, -0.2) is 0 Å². The van der Waals surface area contributed by atoms with Gasteiger partial charge in [0.1, 0.15) is 11.5 Å². The summed E-state index contributed by atoms with van der Waals surface area (Å²) < 4.78 is 5.82. The van der Waals surface area contributed by atoms with Crippen LogP contribution in [0.25, 0.3) is 0 Å². The molecule has 2 heteroatoms. The topological polar surface area (TPSA) is 26.3 Å². The van der Waals surface area contributed by atoms with Crippen LogP contribution in [0.3, 0.4) is 0 Å². The van der Waals surface area contributed by atoms with E-state index in [9.17, 15) is 4.79 Å². The Balaban J connectivity index is 2.43. The first-order valence-electron chi connectivity index (χ1n) is 7.01. The maximum absolute atomic E-state index is 10.9. The smallest absolute Gasteiger partial charge is 0.130 e. The Bertz CT molecular complexity index is 404. The molecule has 0 heterocycles. The fourth-order valence-corrected chi connectivity index (χ4v) is 1.79. The first-order valence-corrected chi connectivity index (χ1v) is 7.01. The standard InChI is InChI=1S/C17H24O2/c1-4-5-6-7-15(3)19-17-12-10-16(11-13-17)9-8-14(2)18/h5-6,10-13,15H,4,7-9H2,1-3H3/b6-5-. The number of carbonyl (C=O) groups excluding carboxylic acids is 1. The highest BCUT2D eigenvalue weighted by Gasteiger charge is 2.02. The third kappa shape index (κ3) is 6.80. The molecule has 1 aromatic rings. The van der Waals surface area contributed by atoms with Crippen molar-refractivity contribution in [1.29, 1.82) is 0 Å². The van der Waals surface area contributed by atoms with Crippen LogP contribution in [0.2, 0.25) is 0 Å². The largest absolute Gasteiger partial charge is 0.490 e. The molecule has 0 aromatic heterocycles.